The van der Waals surface area contributed by atoms with Crippen molar-refractivity contribution in [3.8, 4) is 22.9 Å². The second kappa shape index (κ2) is 9.68. The molecular weight excluding hydrogens is 522 g/mol. The molecule has 6 rings (SSSR count). The van der Waals surface area contributed by atoms with E-state index >= 15 is 0 Å². The maximum Gasteiger partial charge on any atom is 0.269 e. The Hall–Kier alpha value is -5.04. The smallest absolute Gasteiger partial charge is 0.269 e. The van der Waals surface area contributed by atoms with Crippen molar-refractivity contribution < 1.29 is 14.4 Å². The minimum absolute atomic E-state index is 0.0264. The summed E-state index contributed by atoms with van der Waals surface area (Å²) in [4.78, 5) is 37.4. The lowest BCUT2D eigenvalue weighted by Gasteiger charge is -2.11. The molecule has 0 amide bonds. The maximum absolute atomic E-state index is 12.6. The van der Waals surface area contributed by atoms with Crippen molar-refractivity contribution in [2.45, 2.75) is 10.9 Å². The van der Waals surface area contributed by atoms with E-state index in [1.807, 2.05) is 6.07 Å². The van der Waals surface area contributed by atoms with Crippen LogP contribution in [0.15, 0.2) is 76.8 Å². The average molecular weight is 542 g/mol. The summed E-state index contributed by atoms with van der Waals surface area (Å²) in [6.45, 7) is 0. The standard InChI is InChI=1S/C26H19N7O5S/c1-37-20-12-18-19(13-21(20)38-2)28-26(39-14-16-11-23(34)31-10-4-3-5-22(31)27-16)32-25(18)29-24(30-32)15-6-8-17(9-7-15)33(35)36/h3-13H,14H2,1-2H3. The van der Waals surface area contributed by atoms with Crippen LogP contribution in [0.3, 0.4) is 0 Å². The minimum atomic E-state index is -0.459. The van der Waals surface area contributed by atoms with Crippen molar-refractivity contribution in [3.63, 3.8) is 0 Å². The summed E-state index contributed by atoms with van der Waals surface area (Å²) in [7, 11) is 3.09. The lowest BCUT2D eigenvalue weighted by atomic mass is 10.2. The highest BCUT2D eigenvalue weighted by atomic mass is 32.2. The topological polar surface area (TPSA) is 139 Å². The summed E-state index contributed by atoms with van der Waals surface area (Å²) in [6, 6.07) is 16.4. The van der Waals surface area contributed by atoms with Gasteiger partial charge in [0, 0.05) is 47.2 Å². The number of hydrogen-bond acceptors (Lipinski definition) is 10. The van der Waals surface area contributed by atoms with Gasteiger partial charge in [-0.15, -0.1) is 5.10 Å². The Morgan fingerprint density at radius 3 is 2.49 bits per heavy atom. The van der Waals surface area contributed by atoms with Crippen molar-refractivity contribution >= 4 is 39.6 Å². The number of benzene rings is 2. The molecule has 0 aliphatic rings. The zero-order valence-electron chi connectivity index (χ0n) is 20.6. The Kier molecular flexibility index (Phi) is 6.04. The molecule has 0 aliphatic carbocycles. The number of fused-ring (bicyclic) bond motifs is 4. The molecule has 0 radical (unpaired) electrons. The molecule has 0 fully saturated rings. The van der Waals surface area contributed by atoms with Crippen molar-refractivity contribution in [2.24, 2.45) is 0 Å². The lowest BCUT2D eigenvalue weighted by molar-refractivity contribution is -0.384. The van der Waals surface area contributed by atoms with Crippen molar-refractivity contribution in [1.29, 1.82) is 0 Å². The zero-order chi connectivity index (χ0) is 27.1. The summed E-state index contributed by atoms with van der Waals surface area (Å²) < 4.78 is 14.0. The van der Waals surface area contributed by atoms with Crippen molar-refractivity contribution in [2.75, 3.05) is 14.2 Å². The number of pyridine rings is 1. The first-order chi connectivity index (χ1) is 18.9. The fourth-order valence-corrected chi connectivity index (χ4v) is 5.01. The molecule has 0 saturated heterocycles. The number of methoxy groups -OCH3 is 2. The molecular formula is C26H19N7O5S. The third kappa shape index (κ3) is 4.38. The van der Waals surface area contributed by atoms with E-state index in [0.717, 1.165) is 0 Å². The number of ether oxygens (including phenoxy) is 2. The molecule has 0 N–H and O–H groups in total. The predicted molar refractivity (Wildman–Crippen MR) is 145 cm³/mol. The number of nitro benzene ring substituents is 1. The van der Waals surface area contributed by atoms with Crippen LogP contribution in [0.4, 0.5) is 5.69 Å². The Labute approximate surface area is 224 Å². The van der Waals surface area contributed by atoms with Gasteiger partial charge in [-0.3, -0.25) is 19.3 Å². The first-order valence-corrected chi connectivity index (χ1v) is 12.6. The predicted octanol–water partition coefficient (Wildman–Crippen LogP) is 4.17. The van der Waals surface area contributed by atoms with Crippen molar-refractivity contribution in [3.05, 3.63) is 93.0 Å². The van der Waals surface area contributed by atoms with Crippen LogP contribution in [0.25, 0.3) is 33.6 Å². The van der Waals surface area contributed by atoms with E-state index in [1.54, 1.807) is 61.3 Å². The number of aromatic nitrogens is 6. The van der Waals surface area contributed by atoms with Gasteiger partial charge in [0.15, 0.2) is 28.1 Å². The van der Waals surface area contributed by atoms with Crippen LogP contribution >= 0.6 is 11.8 Å². The largest absolute Gasteiger partial charge is 0.493 e. The van der Waals surface area contributed by atoms with Crippen LogP contribution in [0.1, 0.15) is 5.69 Å². The van der Waals surface area contributed by atoms with Gasteiger partial charge in [0.1, 0.15) is 5.65 Å². The van der Waals surface area contributed by atoms with Gasteiger partial charge in [-0.1, -0.05) is 17.8 Å². The zero-order valence-corrected chi connectivity index (χ0v) is 21.5. The van der Waals surface area contributed by atoms with E-state index in [4.69, 9.17) is 19.4 Å². The fraction of sp³-hybridized carbons (Fsp3) is 0.115. The second-order valence-electron chi connectivity index (χ2n) is 8.40. The maximum atomic E-state index is 12.6. The highest BCUT2D eigenvalue weighted by Gasteiger charge is 2.19. The third-order valence-electron chi connectivity index (χ3n) is 6.06. The summed E-state index contributed by atoms with van der Waals surface area (Å²) in [5, 5.41) is 17.0. The van der Waals surface area contributed by atoms with Crippen LogP contribution in [-0.4, -0.2) is 48.1 Å². The molecule has 6 aromatic rings. The molecule has 4 aromatic heterocycles. The van der Waals surface area contributed by atoms with E-state index in [2.05, 4.69) is 10.1 Å². The van der Waals surface area contributed by atoms with E-state index < -0.39 is 4.92 Å². The van der Waals surface area contributed by atoms with Crippen LogP contribution < -0.4 is 15.0 Å². The molecule has 39 heavy (non-hydrogen) atoms. The van der Waals surface area contributed by atoms with E-state index in [1.165, 1.54) is 34.4 Å². The molecule has 0 bridgehead atoms. The van der Waals surface area contributed by atoms with Crippen molar-refractivity contribution in [1.82, 2.24) is 29.0 Å². The number of rotatable bonds is 7. The number of nitrogens with zero attached hydrogens (tertiary/aromatic N) is 7. The van der Waals surface area contributed by atoms with E-state index in [9.17, 15) is 14.9 Å². The molecule has 2 aromatic carbocycles. The van der Waals surface area contributed by atoms with Gasteiger partial charge in [-0.25, -0.2) is 15.0 Å². The molecule has 12 nitrogen and oxygen atoms in total. The normalized spacial score (nSPS) is 11.3. The molecule has 0 aliphatic heterocycles. The van der Waals surface area contributed by atoms with Gasteiger partial charge in [-0.2, -0.15) is 4.52 Å². The number of non-ortho nitro benzene ring substituents is 1. The summed E-state index contributed by atoms with van der Waals surface area (Å²) in [6.07, 6.45) is 1.67. The average Bonchev–Trinajstić information content (AvgIpc) is 3.41. The molecule has 0 atom stereocenters. The molecule has 13 heteroatoms. The van der Waals surface area contributed by atoms with Crippen LogP contribution in [0, 0.1) is 10.1 Å². The van der Waals surface area contributed by atoms with Gasteiger partial charge < -0.3 is 9.47 Å². The van der Waals surface area contributed by atoms with Gasteiger partial charge >= 0.3 is 0 Å². The monoisotopic (exact) mass is 541 g/mol. The highest BCUT2D eigenvalue weighted by molar-refractivity contribution is 7.98. The number of hydrogen-bond donors (Lipinski definition) is 0. The molecule has 0 unspecified atom stereocenters. The number of nitro groups is 1. The summed E-state index contributed by atoms with van der Waals surface area (Å²) in [5.41, 5.74) is 2.68. The second-order valence-corrected chi connectivity index (χ2v) is 9.34. The fourth-order valence-electron chi connectivity index (χ4n) is 4.17. The van der Waals surface area contributed by atoms with Crippen LogP contribution in [0.2, 0.25) is 0 Å². The van der Waals surface area contributed by atoms with Gasteiger partial charge in [0.05, 0.1) is 30.4 Å². The molecule has 4 heterocycles. The first kappa shape index (κ1) is 24.3. The first-order valence-electron chi connectivity index (χ1n) is 11.6. The van der Waals surface area contributed by atoms with Gasteiger partial charge in [0.25, 0.3) is 11.2 Å². The summed E-state index contributed by atoms with van der Waals surface area (Å²) in [5.74, 6) is 1.75. The highest BCUT2D eigenvalue weighted by Crippen LogP contribution is 2.35. The Morgan fingerprint density at radius 2 is 1.74 bits per heavy atom. The molecule has 0 saturated carbocycles. The lowest BCUT2D eigenvalue weighted by Crippen LogP contribution is -2.14. The third-order valence-corrected chi connectivity index (χ3v) is 7.02. The quantitative estimate of drug-likeness (QED) is 0.125. The van der Waals surface area contributed by atoms with Crippen LogP contribution in [-0.2, 0) is 5.75 Å². The molecule has 0 spiro atoms. The van der Waals surface area contributed by atoms with E-state index in [0.29, 0.717) is 61.7 Å². The Balaban J connectivity index is 1.48. The Morgan fingerprint density at radius 1 is 0.974 bits per heavy atom. The van der Waals surface area contributed by atoms with E-state index in [-0.39, 0.29) is 11.2 Å². The van der Waals surface area contributed by atoms with Gasteiger partial charge in [0.2, 0.25) is 0 Å². The SMILES string of the molecule is COc1cc2nc(SCc3cc(=O)n4ccccc4n3)n3nc(-c4ccc([N+](=O)[O-])cc4)nc3c2cc1OC. The van der Waals surface area contributed by atoms with Gasteiger partial charge in [-0.05, 0) is 30.3 Å². The molecule has 194 valence electrons. The minimum Gasteiger partial charge on any atom is -0.493 e. The summed E-state index contributed by atoms with van der Waals surface area (Å²) >= 11 is 1.35. The number of thioether (sulfide) groups is 1. The Bertz CT molecular complexity index is 1950. The van der Waals surface area contributed by atoms with Crippen LogP contribution in [0.5, 0.6) is 11.5 Å².